The lowest BCUT2D eigenvalue weighted by Crippen LogP contribution is -2.36. The lowest BCUT2D eigenvalue weighted by atomic mass is 9.99. The first-order valence-electron chi connectivity index (χ1n) is 8.06. The second kappa shape index (κ2) is 7.56. The van der Waals surface area contributed by atoms with E-state index in [0.29, 0.717) is 30.4 Å². The van der Waals surface area contributed by atoms with Gasteiger partial charge in [-0.1, -0.05) is 23.7 Å². The minimum absolute atomic E-state index is 0.214. The van der Waals surface area contributed by atoms with E-state index in [1.807, 2.05) is 30.3 Å². The van der Waals surface area contributed by atoms with Crippen molar-refractivity contribution < 1.29 is 13.2 Å². The van der Waals surface area contributed by atoms with Crippen molar-refractivity contribution in [2.45, 2.75) is 19.5 Å². The van der Waals surface area contributed by atoms with Gasteiger partial charge in [0.2, 0.25) is 10.0 Å². The fourth-order valence-electron chi connectivity index (χ4n) is 2.94. The number of fused-ring (bicyclic) bond motifs is 1. The molecule has 6 nitrogen and oxygen atoms in total. The molecule has 0 spiro atoms. The molecule has 0 aliphatic carbocycles. The van der Waals surface area contributed by atoms with Gasteiger partial charge in [-0.3, -0.25) is 0 Å². The number of hydrogen-bond donors (Lipinski definition) is 1. The van der Waals surface area contributed by atoms with E-state index in [-0.39, 0.29) is 6.03 Å². The number of hydrogen-bond acceptors (Lipinski definition) is 4. The van der Waals surface area contributed by atoms with Crippen LogP contribution in [-0.2, 0) is 29.5 Å². The van der Waals surface area contributed by atoms with E-state index >= 15 is 0 Å². The number of urea groups is 1. The zero-order valence-corrected chi connectivity index (χ0v) is 16.9. The number of carbonyl (C=O) groups is 1. The number of carbonyl (C=O) groups excluding carboxylic acids is 1. The fraction of sp³-hybridized carbons (Fsp3) is 0.353. The minimum Gasteiger partial charge on any atom is -0.322 e. The van der Waals surface area contributed by atoms with Crippen LogP contribution in [0.3, 0.4) is 0 Å². The number of halogens is 1. The van der Waals surface area contributed by atoms with Gasteiger partial charge in [0.25, 0.3) is 0 Å². The van der Waals surface area contributed by atoms with Gasteiger partial charge in [-0.25, -0.2) is 13.2 Å². The third kappa shape index (κ3) is 4.37. The van der Waals surface area contributed by atoms with Crippen LogP contribution >= 0.6 is 22.9 Å². The number of thiophene rings is 1. The van der Waals surface area contributed by atoms with Gasteiger partial charge in [0, 0.05) is 30.7 Å². The molecule has 1 aliphatic heterocycles. The molecule has 2 aromatic rings. The second-order valence-electron chi connectivity index (χ2n) is 6.28. The first kappa shape index (κ1) is 19.2. The molecule has 0 radical (unpaired) electrons. The van der Waals surface area contributed by atoms with Crippen molar-refractivity contribution in [2.24, 2.45) is 0 Å². The molecule has 0 unspecified atom stereocenters. The van der Waals surface area contributed by atoms with Gasteiger partial charge in [-0.15, -0.1) is 11.3 Å². The van der Waals surface area contributed by atoms with Gasteiger partial charge in [-0.2, -0.15) is 4.31 Å². The average molecular weight is 414 g/mol. The standard InChI is InChI=1S/C17H20ClN3O3S2/c1-20(11-13-6-7-16(18)25-13)17(22)19-15-5-3-4-12-10-21(26(2,23)24)9-8-14(12)15/h3-7H,8-11H2,1-2H3,(H,19,22). The van der Waals surface area contributed by atoms with Gasteiger partial charge in [0.15, 0.2) is 0 Å². The summed E-state index contributed by atoms with van der Waals surface area (Å²) in [6, 6.07) is 9.09. The van der Waals surface area contributed by atoms with Gasteiger partial charge in [-0.05, 0) is 35.7 Å². The normalized spacial score (nSPS) is 14.7. The summed E-state index contributed by atoms with van der Waals surface area (Å²) < 4.78 is 25.7. The molecular formula is C17H20ClN3O3S2. The van der Waals surface area contributed by atoms with Crippen LogP contribution in [0, 0.1) is 0 Å². The summed E-state index contributed by atoms with van der Waals surface area (Å²) in [6.45, 7) is 1.23. The molecule has 0 fully saturated rings. The fourth-order valence-corrected chi connectivity index (χ4v) is 4.87. The molecule has 1 N–H and O–H groups in total. The monoisotopic (exact) mass is 413 g/mol. The third-order valence-corrected chi connectivity index (χ3v) is 6.78. The Morgan fingerprint density at radius 2 is 2.12 bits per heavy atom. The summed E-state index contributed by atoms with van der Waals surface area (Å²) >= 11 is 7.38. The molecule has 1 aromatic heterocycles. The highest BCUT2D eigenvalue weighted by Crippen LogP contribution is 2.28. The van der Waals surface area contributed by atoms with Crippen LogP contribution in [0.25, 0.3) is 0 Å². The van der Waals surface area contributed by atoms with E-state index in [4.69, 9.17) is 11.6 Å². The van der Waals surface area contributed by atoms with Crippen molar-refractivity contribution in [3.05, 3.63) is 50.7 Å². The summed E-state index contributed by atoms with van der Waals surface area (Å²) in [4.78, 5) is 15.1. The summed E-state index contributed by atoms with van der Waals surface area (Å²) in [5.41, 5.74) is 2.65. The van der Waals surface area contributed by atoms with E-state index in [9.17, 15) is 13.2 Å². The third-order valence-electron chi connectivity index (χ3n) is 4.31. The highest BCUT2D eigenvalue weighted by Gasteiger charge is 2.25. The van der Waals surface area contributed by atoms with Crippen molar-refractivity contribution in [2.75, 3.05) is 25.2 Å². The highest BCUT2D eigenvalue weighted by atomic mass is 35.5. The number of rotatable bonds is 4. The van der Waals surface area contributed by atoms with E-state index in [1.165, 1.54) is 21.9 Å². The number of nitrogens with zero attached hydrogens (tertiary/aromatic N) is 2. The maximum atomic E-state index is 12.5. The van der Waals surface area contributed by atoms with Crippen LogP contribution in [-0.4, -0.2) is 43.5 Å². The molecule has 3 rings (SSSR count). The van der Waals surface area contributed by atoms with Crippen LogP contribution in [0.1, 0.15) is 16.0 Å². The molecule has 2 amide bonds. The molecule has 0 bridgehead atoms. The van der Waals surface area contributed by atoms with Gasteiger partial charge < -0.3 is 10.2 Å². The smallest absolute Gasteiger partial charge is 0.321 e. The molecule has 9 heteroatoms. The Balaban J connectivity index is 1.72. The summed E-state index contributed by atoms with van der Waals surface area (Å²) in [7, 11) is -1.50. The van der Waals surface area contributed by atoms with Crippen LogP contribution < -0.4 is 5.32 Å². The van der Waals surface area contributed by atoms with Crippen LogP contribution in [0.5, 0.6) is 0 Å². The van der Waals surface area contributed by atoms with Crippen LogP contribution in [0.4, 0.5) is 10.5 Å². The number of nitrogens with one attached hydrogen (secondary N) is 1. The number of amides is 2. The number of benzene rings is 1. The Morgan fingerprint density at radius 3 is 2.77 bits per heavy atom. The van der Waals surface area contributed by atoms with E-state index < -0.39 is 10.0 Å². The topological polar surface area (TPSA) is 69.7 Å². The van der Waals surface area contributed by atoms with Crippen LogP contribution in [0.15, 0.2) is 30.3 Å². The SMILES string of the molecule is CN(Cc1ccc(Cl)s1)C(=O)Nc1cccc2c1CCN(S(C)(=O)=O)C2. The Morgan fingerprint density at radius 1 is 1.35 bits per heavy atom. The van der Waals surface area contributed by atoms with Crippen molar-refractivity contribution in [1.29, 1.82) is 0 Å². The Kier molecular flexibility index (Phi) is 5.57. The first-order chi connectivity index (χ1) is 12.2. The van der Waals surface area contributed by atoms with Crippen molar-refractivity contribution in [3.63, 3.8) is 0 Å². The molecule has 140 valence electrons. The van der Waals surface area contributed by atoms with Crippen molar-refractivity contribution in [1.82, 2.24) is 9.21 Å². The van der Waals surface area contributed by atoms with Crippen LogP contribution in [0.2, 0.25) is 4.34 Å². The number of anilines is 1. The molecule has 2 heterocycles. The quantitative estimate of drug-likeness (QED) is 0.835. The molecule has 1 aromatic carbocycles. The minimum atomic E-state index is -3.22. The zero-order valence-electron chi connectivity index (χ0n) is 14.5. The van der Waals surface area contributed by atoms with E-state index in [1.54, 1.807) is 11.9 Å². The Labute approximate surface area is 162 Å². The molecule has 1 aliphatic rings. The molecule has 0 saturated heterocycles. The highest BCUT2D eigenvalue weighted by molar-refractivity contribution is 7.88. The predicted octanol–water partition coefficient (Wildman–Crippen LogP) is 3.38. The second-order valence-corrected chi connectivity index (χ2v) is 10.1. The largest absolute Gasteiger partial charge is 0.322 e. The van der Waals surface area contributed by atoms with E-state index in [0.717, 1.165) is 21.7 Å². The zero-order chi connectivity index (χ0) is 18.9. The molecular weight excluding hydrogens is 394 g/mol. The molecule has 0 saturated carbocycles. The maximum absolute atomic E-state index is 12.5. The summed E-state index contributed by atoms with van der Waals surface area (Å²) in [6.07, 6.45) is 1.79. The van der Waals surface area contributed by atoms with Crippen molar-refractivity contribution in [3.8, 4) is 0 Å². The van der Waals surface area contributed by atoms with Gasteiger partial charge in [0.05, 0.1) is 17.1 Å². The van der Waals surface area contributed by atoms with Gasteiger partial charge in [0.1, 0.15) is 0 Å². The summed E-state index contributed by atoms with van der Waals surface area (Å²) in [5, 5.41) is 2.94. The summed E-state index contributed by atoms with van der Waals surface area (Å²) in [5.74, 6) is 0. The Hall–Kier alpha value is -1.61. The van der Waals surface area contributed by atoms with Crippen molar-refractivity contribution >= 4 is 44.7 Å². The lowest BCUT2D eigenvalue weighted by Gasteiger charge is -2.28. The average Bonchev–Trinajstić information content (AvgIpc) is 2.98. The lowest BCUT2D eigenvalue weighted by molar-refractivity contribution is 0.221. The first-order valence-corrected chi connectivity index (χ1v) is 11.1. The Bertz CT molecular complexity index is 927. The molecule has 0 atom stereocenters. The molecule has 26 heavy (non-hydrogen) atoms. The predicted molar refractivity (Wildman–Crippen MR) is 105 cm³/mol. The van der Waals surface area contributed by atoms with Gasteiger partial charge >= 0.3 is 6.03 Å². The van der Waals surface area contributed by atoms with E-state index in [2.05, 4.69) is 5.32 Å². The number of sulfonamides is 1. The maximum Gasteiger partial charge on any atom is 0.321 e.